The van der Waals surface area contributed by atoms with Gasteiger partial charge in [-0.05, 0) is 72.6 Å². The van der Waals surface area contributed by atoms with Crippen LogP contribution in [-0.4, -0.2) is 35.2 Å². The van der Waals surface area contributed by atoms with Crippen LogP contribution in [0.1, 0.15) is 64.0 Å². The Morgan fingerprint density at radius 3 is 2.77 bits per heavy atom. The molecule has 162 valence electrons. The zero-order chi connectivity index (χ0) is 22.2. The third-order valence-corrected chi connectivity index (χ3v) is 6.74. The summed E-state index contributed by atoms with van der Waals surface area (Å²) in [5, 5.41) is 11.2. The maximum atomic E-state index is 11.2. The van der Waals surface area contributed by atoms with Crippen molar-refractivity contribution in [1.29, 1.82) is 0 Å². The van der Waals surface area contributed by atoms with Crippen LogP contribution < -0.4 is 4.74 Å². The molecule has 2 aliphatic rings. The van der Waals surface area contributed by atoms with Crippen LogP contribution in [-0.2, 0) is 0 Å². The first-order valence-corrected chi connectivity index (χ1v) is 11.4. The maximum Gasteiger partial charge on any atom is 0.132 e. The van der Waals surface area contributed by atoms with Crippen molar-refractivity contribution in [1.82, 2.24) is 4.90 Å². The van der Waals surface area contributed by atoms with Crippen molar-refractivity contribution >= 4 is 5.57 Å². The lowest BCUT2D eigenvalue weighted by atomic mass is 9.80. The molecule has 0 radical (unpaired) electrons. The highest BCUT2D eigenvalue weighted by Gasteiger charge is 2.39. The van der Waals surface area contributed by atoms with Gasteiger partial charge in [-0.2, -0.15) is 0 Å². The first kappa shape index (κ1) is 21.5. The predicted molar refractivity (Wildman–Crippen MR) is 128 cm³/mol. The highest BCUT2D eigenvalue weighted by molar-refractivity contribution is 5.85. The standard InChI is InChI=1S/C28H33NO2/c1-6-10-19(3)21-11-8-9-12-22(21)20-16-25(30)27-23-18-29(14-7-2)15-13-24(23)28(4,5)31-26(27)17-20/h2,8-9,11-12,16-17,19,30H,6,10,13-15,18H2,1,3-5H3. The van der Waals surface area contributed by atoms with E-state index >= 15 is 0 Å². The molecule has 0 fully saturated rings. The lowest BCUT2D eigenvalue weighted by Crippen LogP contribution is -2.42. The van der Waals surface area contributed by atoms with Gasteiger partial charge in [0.25, 0.3) is 0 Å². The van der Waals surface area contributed by atoms with Crippen LogP contribution >= 0.6 is 0 Å². The van der Waals surface area contributed by atoms with Crippen LogP contribution in [0, 0.1) is 12.3 Å². The van der Waals surface area contributed by atoms with E-state index in [0.29, 0.717) is 12.5 Å². The number of aromatic hydroxyl groups is 1. The molecule has 0 amide bonds. The van der Waals surface area contributed by atoms with Crippen molar-refractivity contribution < 1.29 is 9.84 Å². The van der Waals surface area contributed by atoms with Crippen LogP contribution in [0.3, 0.4) is 0 Å². The van der Waals surface area contributed by atoms with E-state index in [4.69, 9.17) is 11.2 Å². The average Bonchev–Trinajstić information content (AvgIpc) is 2.73. The minimum absolute atomic E-state index is 0.288. The first-order chi connectivity index (χ1) is 14.9. The van der Waals surface area contributed by atoms with Crippen molar-refractivity contribution in [2.45, 2.75) is 58.5 Å². The molecule has 0 aromatic heterocycles. The molecule has 2 aliphatic heterocycles. The summed E-state index contributed by atoms with van der Waals surface area (Å²) in [7, 11) is 0. The van der Waals surface area contributed by atoms with E-state index in [2.05, 4.69) is 68.8 Å². The molecule has 0 saturated carbocycles. The molecule has 2 aromatic rings. The monoisotopic (exact) mass is 415 g/mol. The molecule has 3 nitrogen and oxygen atoms in total. The Morgan fingerprint density at radius 2 is 2.03 bits per heavy atom. The largest absolute Gasteiger partial charge is 0.507 e. The maximum absolute atomic E-state index is 11.2. The number of phenolic OH excluding ortho intramolecular Hbond substituents is 1. The van der Waals surface area contributed by atoms with E-state index in [0.717, 1.165) is 49.2 Å². The van der Waals surface area contributed by atoms with Gasteiger partial charge in [0.05, 0.1) is 12.1 Å². The minimum atomic E-state index is -0.398. The summed E-state index contributed by atoms with van der Waals surface area (Å²) in [4.78, 5) is 2.26. The minimum Gasteiger partial charge on any atom is -0.507 e. The Labute approximate surface area is 186 Å². The van der Waals surface area contributed by atoms with E-state index < -0.39 is 5.60 Å². The van der Waals surface area contributed by atoms with Gasteiger partial charge in [0.15, 0.2) is 0 Å². The third-order valence-electron chi connectivity index (χ3n) is 6.74. The van der Waals surface area contributed by atoms with Crippen LogP contribution in [0.5, 0.6) is 11.5 Å². The second-order valence-corrected chi connectivity index (χ2v) is 9.38. The summed E-state index contributed by atoms with van der Waals surface area (Å²) >= 11 is 0. The van der Waals surface area contributed by atoms with Gasteiger partial charge < -0.3 is 9.84 Å². The second kappa shape index (κ2) is 8.44. The molecule has 1 atom stereocenters. The van der Waals surface area contributed by atoms with E-state index in [1.165, 1.54) is 22.3 Å². The summed E-state index contributed by atoms with van der Waals surface area (Å²) < 4.78 is 6.50. The predicted octanol–water partition coefficient (Wildman–Crippen LogP) is 6.23. The fourth-order valence-electron chi connectivity index (χ4n) is 5.23. The van der Waals surface area contributed by atoms with Crippen molar-refractivity contribution in [3.05, 3.63) is 53.1 Å². The highest BCUT2D eigenvalue weighted by Crippen LogP contribution is 2.49. The molecule has 31 heavy (non-hydrogen) atoms. The van der Waals surface area contributed by atoms with Crippen molar-refractivity contribution in [2.75, 3.05) is 19.6 Å². The topological polar surface area (TPSA) is 32.7 Å². The Balaban J connectivity index is 1.82. The number of nitrogens with zero attached hydrogens (tertiary/aromatic N) is 1. The van der Waals surface area contributed by atoms with Crippen molar-refractivity contribution in [3.63, 3.8) is 0 Å². The first-order valence-electron chi connectivity index (χ1n) is 11.4. The third kappa shape index (κ3) is 3.98. The van der Waals surface area contributed by atoms with E-state index in [1.807, 2.05) is 6.07 Å². The molecule has 3 heteroatoms. The van der Waals surface area contributed by atoms with Gasteiger partial charge in [-0.1, -0.05) is 50.5 Å². The fraction of sp³-hybridized carbons (Fsp3) is 0.429. The van der Waals surface area contributed by atoms with Crippen molar-refractivity contribution in [3.8, 4) is 35.0 Å². The summed E-state index contributed by atoms with van der Waals surface area (Å²) in [5.41, 5.74) is 6.37. The molecule has 0 aliphatic carbocycles. The zero-order valence-electron chi connectivity index (χ0n) is 19.2. The van der Waals surface area contributed by atoms with E-state index in [9.17, 15) is 5.11 Å². The van der Waals surface area contributed by atoms with Gasteiger partial charge in [0.1, 0.15) is 17.1 Å². The van der Waals surface area contributed by atoms with E-state index in [1.54, 1.807) is 0 Å². The number of benzene rings is 2. The highest BCUT2D eigenvalue weighted by atomic mass is 16.5. The van der Waals surface area contributed by atoms with Crippen LogP contribution in [0.2, 0.25) is 0 Å². The Hall–Kier alpha value is -2.70. The Kier molecular flexibility index (Phi) is 5.86. The number of ether oxygens (including phenoxy) is 1. The normalized spacial score (nSPS) is 18.5. The molecule has 0 saturated heterocycles. The van der Waals surface area contributed by atoms with Crippen LogP contribution in [0.15, 0.2) is 42.0 Å². The number of fused-ring (bicyclic) bond motifs is 2. The molecular formula is C28H33NO2. The number of terminal acetylenes is 1. The van der Waals surface area contributed by atoms with Gasteiger partial charge in [0, 0.05) is 13.1 Å². The van der Waals surface area contributed by atoms with Gasteiger partial charge in [0.2, 0.25) is 0 Å². The van der Waals surface area contributed by atoms with Gasteiger partial charge in [-0.25, -0.2) is 0 Å². The molecule has 4 rings (SSSR count). The zero-order valence-corrected chi connectivity index (χ0v) is 19.2. The quantitative estimate of drug-likeness (QED) is 0.588. The second-order valence-electron chi connectivity index (χ2n) is 9.38. The lowest BCUT2D eigenvalue weighted by Gasteiger charge is -2.42. The SMILES string of the molecule is C#CCN1CCC2=C(C1)c1c(O)cc(-c3ccccc3C(C)CCC)cc1OC2(C)C. The molecular weight excluding hydrogens is 382 g/mol. The molecule has 1 N–H and O–H groups in total. The van der Waals surface area contributed by atoms with Crippen LogP contribution in [0.4, 0.5) is 0 Å². The number of phenols is 1. The molecule has 0 spiro atoms. The Bertz CT molecular complexity index is 1060. The molecule has 0 bridgehead atoms. The summed E-state index contributed by atoms with van der Waals surface area (Å²) in [6.45, 7) is 11.0. The summed E-state index contributed by atoms with van der Waals surface area (Å²) in [6.07, 6.45) is 8.76. The van der Waals surface area contributed by atoms with E-state index in [-0.39, 0.29) is 5.75 Å². The van der Waals surface area contributed by atoms with Crippen molar-refractivity contribution in [2.24, 2.45) is 0 Å². The number of hydrogen-bond donors (Lipinski definition) is 1. The fourth-order valence-corrected chi connectivity index (χ4v) is 5.23. The van der Waals surface area contributed by atoms with Gasteiger partial charge >= 0.3 is 0 Å². The summed E-state index contributed by atoms with van der Waals surface area (Å²) in [6, 6.07) is 12.5. The Morgan fingerprint density at radius 1 is 1.26 bits per heavy atom. The van der Waals surface area contributed by atoms with Gasteiger partial charge in [-0.3, -0.25) is 4.90 Å². The van der Waals surface area contributed by atoms with Crippen LogP contribution in [0.25, 0.3) is 16.7 Å². The van der Waals surface area contributed by atoms with Gasteiger partial charge in [-0.15, -0.1) is 6.42 Å². The average molecular weight is 416 g/mol. The number of hydrogen-bond acceptors (Lipinski definition) is 3. The lowest BCUT2D eigenvalue weighted by molar-refractivity contribution is 0.131. The summed E-state index contributed by atoms with van der Waals surface area (Å²) in [5.74, 6) is 4.27. The smallest absolute Gasteiger partial charge is 0.132 e. The molecule has 2 heterocycles. The molecule has 2 aromatic carbocycles. The number of rotatable bonds is 5. The molecule has 1 unspecified atom stereocenters.